The third-order valence-corrected chi connectivity index (χ3v) is 2.42. The molecule has 70 valence electrons. The van der Waals surface area contributed by atoms with Crippen molar-refractivity contribution in [1.82, 2.24) is 4.98 Å². The van der Waals surface area contributed by atoms with E-state index in [0.29, 0.717) is 16.2 Å². The molecule has 0 unspecified atom stereocenters. The van der Waals surface area contributed by atoms with Gasteiger partial charge in [-0.15, -0.1) is 35.3 Å². The summed E-state index contributed by atoms with van der Waals surface area (Å²) in [6.07, 6.45) is -3.20. The minimum atomic E-state index is -4.34. The quantitative estimate of drug-likeness (QED) is 0.684. The fourth-order valence-corrected chi connectivity index (χ4v) is 1.36. The van der Waals surface area contributed by atoms with Crippen LogP contribution in [-0.4, -0.2) is 4.98 Å². The zero-order chi connectivity index (χ0) is 8.48. The number of hydrogen-bond acceptors (Lipinski definition) is 2. The molecule has 0 aliphatic carbocycles. The molecule has 1 nitrogen and oxygen atoms in total. The molecular formula is C5H4Cl2F3NS. The summed E-state index contributed by atoms with van der Waals surface area (Å²) in [5.74, 6) is 0.0771. The van der Waals surface area contributed by atoms with Gasteiger partial charge in [-0.3, -0.25) is 0 Å². The normalized spacial score (nSPS) is 11.0. The molecule has 0 saturated heterocycles. The Morgan fingerprint density at radius 2 is 2.08 bits per heavy atom. The standard InChI is InChI=1S/C5H3ClF3NS.ClH/c6-1-3-2-10-4(11-3)5(7,8)9;/h2H,1H2;1H. The van der Waals surface area contributed by atoms with E-state index in [9.17, 15) is 13.2 Å². The highest BCUT2D eigenvalue weighted by atomic mass is 35.5. The number of nitrogens with zero attached hydrogens (tertiary/aromatic N) is 1. The average molecular weight is 238 g/mol. The summed E-state index contributed by atoms with van der Waals surface area (Å²) in [5, 5.41) is -0.840. The molecule has 0 N–H and O–H groups in total. The van der Waals surface area contributed by atoms with Gasteiger partial charge in [-0.25, -0.2) is 4.98 Å². The molecule has 1 aromatic rings. The molecule has 0 bridgehead atoms. The Kier molecular flexibility index (Phi) is 4.30. The lowest BCUT2D eigenvalue weighted by Gasteiger charge is -1.98. The maximum Gasteiger partial charge on any atom is 0.443 e. The largest absolute Gasteiger partial charge is 0.443 e. The summed E-state index contributed by atoms with van der Waals surface area (Å²) in [6, 6.07) is 0. The van der Waals surface area contributed by atoms with Crippen LogP contribution in [0.4, 0.5) is 13.2 Å². The predicted molar refractivity (Wildman–Crippen MR) is 43.9 cm³/mol. The van der Waals surface area contributed by atoms with Crippen LogP contribution in [0.15, 0.2) is 6.20 Å². The second-order valence-corrected chi connectivity index (χ2v) is 3.15. The topological polar surface area (TPSA) is 12.9 Å². The van der Waals surface area contributed by atoms with Crippen LogP contribution >= 0.6 is 35.3 Å². The lowest BCUT2D eigenvalue weighted by molar-refractivity contribution is -0.137. The molecule has 0 amide bonds. The molecule has 0 atom stereocenters. The number of hydrogen-bond donors (Lipinski definition) is 0. The number of rotatable bonds is 1. The first-order valence-electron chi connectivity index (χ1n) is 2.62. The van der Waals surface area contributed by atoms with E-state index >= 15 is 0 Å². The van der Waals surface area contributed by atoms with Crippen LogP contribution in [0.1, 0.15) is 9.88 Å². The first-order valence-corrected chi connectivity index (χ1v) is 3.97. The second-order valence-electron chi connectivity index (χ2n) is 1.76. The van der Waals surface area contributed by atoms with Crippen LogP contribution in [-0.2, 0) is 12.1 Å². The first-order chi connectivity index (χ1) is 5.04. The summed E-state index contributed by atoms with van der Waals surface area (Å²) < 4.78 is 35.5. The van der Waals surface area contributed by atoms with Gasteiger partial charge >= 0.3 is 6.18 Å². The molecule has 0 aromatic carbocycles. The van der Waals surface area contributed by atoms with Gasteiger partial charge in [0.05, 0.1) is 5.88 Å². The van der Waals surface area contributed by atoms with Gasteiger partial charge in [0.25, 0.3) is 0 Å². The summed E-state index contributed by atoms with van der Waals surface area (Å²) in [5.41, 5.74) is 0. The smallest absolute Gasteiger partial charge is 0.240 e. The van der Waals surface area contributed by atoms with Crippen molar-refractivity contribution in [2.24, 2.45) is 0 Å². The maximum absolute atomic E-state index is 11.8. The van der Waals surface area contributed by atoms with E-state index in [4.69, 9.17) is 11.6 Å². The summed E-state index contributed by atoms with van der Waals surface area (Å²) >= 11 is 5.87. The SMILES string of the molecule is Cl.FC(F)(F)c1ncc(CCl)s1. The Morgan fingerprint density at radius 3 is 2.33 bits per heavy atom. The van der Waals surface area contributed by atoms with E-state index in [1.54, 1.807) is 0 Å². The maximum atomic E-state index is 11.8. The molecule has 12 heavy (non-hydrogen) atoms. The van der Waals surface area contributed by atoms with Crippen molar-refractivity contribution in [3.63, 3.8) is 0 Å². The van der Waals surface area contributed by atoms with E-state index in [1.165, 1.54) is 0 Å². The summed E-state index contributed by atoms with van der Waals surface area (Å²) in [6.45, 7) is 0. The van der Waals surface area contributed by atoms with Crippen molar-refractivity contribution >= 4 is 35.3 Å². The van der Waals surface area contributed by atoms with Crippen molar-refractivity contribution in [3.8, 4) is 0 Å². The molecule has 0 radical (unpaired) electrons. The molecule has 0 fully saturated rings. The van der Waals surface area contributed by atoms with E-state index in [1.807, 2.05) is 0 Å². The lowest BCUT2D eigenvalue weighted by atomic mass is 10.6. The van der Waals surface area contributed by atoms with E-state index in [0.717, 1.165) is 6.20 Å². The van der Waals surface area contributed by atoms with Crippen LogP contribution in [0.25, 0.3) is 0 Å². The summed E-state index contributed by atoms with van der Waals surface area (Å²) in [7, 11) is 0. The van der Waals surface area contributed by atoms with Crippen molar-refractivity contribution in [2.75, 3.05) is 0 Å². The Hall–Kier alpha value is -0.0000000000000000278. The number of aromatic nitrogens is 1. The van der Waals surface area contributed by atoms with E-state index < -0.39 is 11.2 Å². The van der Waals surface area contributed by atoms with Gasteiger partial charge < -0.3 is 0 Å². The number of thiazole rings is 1. The van der Waals surface area contributed by atoms with Gasteiger partial charge in [0, 0.05) is 11.1 Å². The molecule has 0 spiro atoms. The fraction of sp³-hybridized carbons (Fsp3) is 0.400. The van der Waals surface area contributed by atoms with Crippen molar-refractivity contribution in [1.29, 1.82) is 0 Å². The second kappa shape index (κ2) is 4.30. The highest BCUT2D eigenvalue weighted by molar-refractivity contribution is 7.11. The Morgan fingerprint density at radius 1 is 1.50 bits per heavy atom. The highest BCUT2D eigenvalue weighted by Gasteiger charge is 2.34. The van der Waals surface area contributed by atoms with Crippen molar-refractivity contribution < 1.29 is 13.2 Å². The van der Waals surface area contributed by atoms with Gasteiger partial charge in [-0.1, -0.05) is 0 Å². The average Bonchev–Trinajstić information content (AvgIpc) is 2.32. The van der Waals surface area contributed by atoms with Gasteiger partial charge in [-0.2, -0.15) is 13.2 Å². The third-order valence-electron chi connectivity index (χ3n) is 0.928. The molecule has 1 heterocycles. The van der Waals surface area contributed by atoms with E-state index in [2.05, 4.69) is 4.98 Å². The van der Waals surface area contributed by atoms with E-state index in [-0.39, 0.29) is 18.3 Å². The Balaban J connectivity index is 0.00000121. The van der Waals surface area contributed by atoms with Gasteiger partial charge in [0.2, 0.25) is 0 Å². The highest BCUT2D eigenvalue weighted by Crippen LogP contribution is 2.32. The molecule has 7 heteroatoms. The Bertz CT molecular complexity index is 247. The Labute approximate surface area is 82.0 Å². The minimum Gasteiger partial charge on any atom is -0.240 e. The zero-order valence-corrected chi connectivity index (χ0v) is 7.95. The van der Waals surface area contributed by atoms with Gasteiger partial charge in [0.15, 0.2) is 5.01 Å². The van der Waals surface area contributed by atoms with Crippen LogP contribution in [0.2, 0.25) is 0 Å². The predicted octanol–water partition coefficient (Wildman–Crippen LogP) is 3.32. The van der Waals surface area contributed by atoms with Crippen LogP contribution < -0.4 is 0 Å². The number of halogens is 5. The third kappa shape index (κ3) is 2.80. The molecule has 0 aliphatic rings. The van der Waals surface area contributed by atoms with Crippen molar-refractivity contribution in [3.05, 3.63) is 16.1 Å². The van der Waals surface area contributed by atoms with Gasteiger partial charge in [-0.05, 0) is 0 Å². The zero-order valence-electron chi connectivity index (χ0n) is 5.56. The van der Waals surface area contributed by atoms with Gasteiger partial charge in [0.1, 0.15) is 0 Å². The molecule has 1 rings (SSSR count). The monoisotopic (exact) mass is 237 g/mol. The number of alkyl halides is 4. The summed E-state index contributed by atoms with van der Waals surface area (Å²) in [4.78, 5) is 3.60. The molecule has 0 saturated carbocycles. The van der Waals surface area contributed by atoms with Crippen LogP contribution in [0, 0.1) is 0 Å². The van der Waals surface area contributed by atoms with Crippen molar-refractivity contribution in [2.45, 2.75) is 12.1 Å². The van der Waals surface area contributed by atoms with Crippen LogP contribution in [0.3, 0.4) is 0 Å². The van der Waals surface area contributed by atoms with Crippen LogP contribution in [0.5, 0.6) is 0 Å². The lowest BCUT2D eigenvalue weighted by Crippen LogP contribution is -2.02. The molecule has 1 aromatic heterocycles. The molecular weight excluding hydrogens is 234 g/mol. The first kappa shape index (κ1) is 12.0. The molecule has 0 aliphatic heterocycles. The fourth-order valence-electron chi connectivity index (χ4n) is 0.500. The minimum absolute atomic E-state index is 0.